The van der Waals surface area contributed by atoms with Gasteiger partial charge >= 0.3 is 0 Å². The Labute approximate surface area is 150 Å². The number of nitrogens with zero attached hydrogens (tertiary/aromatic N) is 3. The summed E-state index contributed by atoms with van der Waals surface area (Å²) in [7, 11) is 0. The van der Waals surface area contributed by atoms with Crippen molar-refractivity contribution in [3.05, 3.63) is 29.3 Å². The van der Waals surface area contributed by atoms with Crippen LogP contribution in [0.1, 0.15) is 64.0 Å². The van der Waals surface area contributed by atoms with Gasteiger partial charge in [-0.05, 0) is 63.8 Å². The number of aryl methyl sites for hydroxylation is 1. The van der Waals surface area contributed by atoms with Crippen LogP contribution in [0.2, 0.25) is 0 Å². The standard InChI is InChI=1S/C20H27N3S/c1-5-19(3,4)23-18(24-14-20(23)10-6-7-11-20)22-17-9-8-16(13-21)12-15(17)2/h8-9,12H,5-7,10-11,14H2,1-4H3. The molecule has 2 fully saturated rings. The van der Waals surface area contributed by atoms with Crippen molar-refractivity contribution in [3.8, 4) is 6.07 Å². The van der Waals surface area contributed by atoms with Gasteiger partial charge in [-0.2, -0.15) is 5.26 Å². The molecule has 0 amide bonds. The zero-order valence-corrected chi connectivity index (χ0v) is 16.0. The second-order valence-electron chi connectivity index (χ2n) is 7.73. The molecule has 1 saturated heterocycles. The van der Waals surface area contributed by atoms with Gasteiger partial charge in [0, 0.05) is 11.3 Å². The normalized spacial score (nSPS) is 21.6. The summed E-state index contributed by atoms with van der Waals surface area (Å²) in [6.07, 6.45) is 6.35. The summed E-state index contributed by atoms with van der Waals surface area (Å²) in [6, 6.07) is 7.99. The van der Waals surface area contributed by atoms with E-state index in [1.165, 1.54) is 25.7 Å². The van der Waals surface area contributed by atoms with Crippen molar-refractivity contribution in [1.82, 2.24) is 4.90 Å². The molecular weight excluding hydrogens is 314 g/mol. The Morgan fingerprint density at radius 1 is 1.33 bits per heavy atom. The van der Waals surface area contributed by atoms with Crippen LogP contribution in [0, 0.1) is 18.3 Å². The molecule has 1 saturated carbocycles. The summed E-state index contributed by atoms with van der Waals surface area (Å²) in [4.78, 5) is 7.68. The lowest BCUT2D eigenvalue weighted by molar-refractivity contribution is 0.0969. The molecule has 128 valence electrons. The average molecular weight is 342 g/mol. The zero-order chi connectivity index (χ0) is 17.4. The number of hydrogen-bond acceptors (Lipinski definition) is 3. The minimum atomic E-state index is 0.118. The van der Waals surface area contributed by atoms with Crippen LogP contribution in [0.25, 0.3) is 0 Å². The molecule has 24 heavy (non-hydrogen) atoms. The maximum atomic E-state index is 9.06. The highest BCUT2D eigenvalue weighted by Crippen LogP contribution is 2.49. The SMILES string of the molecule is CCC(C)(C)N1C(=Nc2ccc(C#N)cc2C)SCC12CCCC2. The van der Waals surface area contributed by atoms with Crippen molar-refractivity contribution in [1.29, 1.82) is 5.26 Å². The largest absolute Gasteiger partial charge is 0.340 e. The zero-order valence-electron chi connectivity index (χ0n) is 15.2. The van der Waals surface area contributed by atoms with Gasteiger partial charge in [0.15, 0.2) is 5.17 Å². The molecule has 0 N–H and O–H groups in total. The molecule has 0 bridgehead atoms. The second-order valence-corrected chi connectivity index (χ2v) is 8.67. The van der Waals surface area contributed by atoms with Gasteiger partial charge in [-0.15, -0.1) is 0 Å². The first-order chi connectivity index (χ1) is 11.4. The Morgan fingerprint density at radius 2 is 2.04 bits per heavy atom. The van der Waals surface area contributed by atoms with E-state index in [2.05, 4.69) is 31.7 Å². The topological polar surface area (TPSA) is 39.4 Å². The summed E-state index contributed by atoms with van der Waals surface area (Å²) in [6.45, 7) is 9.01. The van der Waals surface area contributed by atoms with Crippen molar-refractivity contribution in [3.63, 3.8) is 0 Å². The van der Waals surface area contributed by atoms with Gasteiger partial charge in [0.1, 0.15) is 0 Å². The van der Waals surface area contributed by atoms with Crippen molar-refractivity contribution < 1.29 is 0 Å². The molecule has 0 radical (unpaired) electrons. The molecule has 1 spiro atoms. The van der Waals surface area contributed by atoms with E-state index in [4.69, 9.17) is 10.3 Å². The van der Waals surface area contributed by atoms with E-state index in [1.54, 1.807) is 0 Å². The van der Waals surface area contributed by atoms with Gasteiger partial charge in [-0.1, -0.05) is 31.5 Å². The van der Waals surface area contributed by atoms with E-state index in [0.717, 1.165) is 28.6 Å². The number of amidine groups is 1. The van der Waals surface area contributed by atoms with Crippen LogP contribution in [-0.4, -0.2) is 26.9 Å². The van der Waals surface area contributed by atoms with E-state index in [-0.39, 0.29) is 5.54 Å². The van der Waals surface area contributed by atoms with Crippen molar-refractivity contribution in [2.45, 2.75) is 70.9 Å². The number of nitriles is 1. The smallest absolute Gasteiger partial charge is 0.165 e. The van der Waals surface area contributed by atoms with Crippen LogP contribution >= 0.6 is 11.8 Å². The summed E-state index contributed by atoms with van der Waals surface area (Å²) in [5.74, 6) is 1.16. The third-order valence-electron chi connectivity index (χ3n) is 5.68. The van der Waals surface area contributed by atoms with E-state index < -0.39 is 0 Å². The first kappa shape index (κ1) is 17.4. The van der Waals surface area contributed by atoms with Crippen LogP contribution in [0.3, 0.4) is 0 Å². The first-order valence-corrected chi connectivity index (χ1v) is 9.93. The number of benzene rings is 1. The molecule has 3 rings (SSSR count). The van der Waals surface area contributed by atoms with E-state index in [1.807, 2.05) is 36.9 Å². The van der Waals surface area contributed by atoms with Crippen molar-refractivity contribution >= 4 is 22.6 Å². The minimum Gasteiger partial charge on any atom is -0.340 e. The third-order valence-corrected chi connectivity index (χ3v) is 6.90. The van der Waals surface area contributed by atoms with E-state index >= 15 is 0 Å². The fourth-order valence-electron chi connectivity index (χ4n) is 4.03. The Bertz CT molecular complexity index is 693. The lowest BCUT2D eigenvalue weighted by Gasteiger charge is -2.46. The van der Waals surface area contributed by atoms with E-state index in [0.29, 0.717) is 11.1 Å². The number of thioether (sulfide) groups is 1. The lowest BCUT2D eigenvalue weighted by Crippen LogP contribution is -2.56. The Morgan fingerprint density at radius 3 is 2.62 bits per heavy atom. The predicted octanol–water partition coefficient (Wildman–Crippen LogP) is 5.40. The Kier molecular flexibility index (Phi) is 4.66. The van der Waals surface area contributed by atoms with Gasteiger partial charge in [0.05, 0.1) is 22.9 Å². The summed E-state index contributed by atoms with van der Waals surface area (Å²) in [5, 5.41) is 10.2. The van der Waals surface area contributed by atoms with Gasteiger partial charge in [-0.25, -0.2) is 4.99 Å². The van der Waals surface area contributed by atoms with Gasteiger partial charge in [0.2, 0.25) is 0 Å². The molecule has 2 aliphatic rings. The molecule has 0 unspecified atom stereocenters. The van der Waals surface area contributed by atoms with E-state index in [9.17, 15) is 0 Å². The quantitative estimate of drug-likeness (QED) is 0.738. The minimum absolute atomic E-state index is 0.118. The highest BCUT2D eigenvalue weighted by molar-refractivity contribution is 8.14. The molecule has 1 aliphatic carbocycles. The maximum absolute atomic E-state index is 9.06. The molecular formula is C20H27N3S. The highest BCUT2D eigenvalue weighted by Gasteiger charge is 2.51. The average Bonchev–Trinajstić information content (AvgIpc) is 3.17. The fraction of sp³-hybridized carbons (Fsp3) is 0.600. The fourth-order valence-corrected chi connectivity index (χ4v) is 5.58. The second kappa shape index (κ2) is 6.44. The van der Waals surface area contributed by atoms with Crippen LogP contribution < -0.4 is 0 Å². The predicted molar refractivity (Wildman–Crippen MR) is 103 cm³/mol. The molecule has 0 aromatic heterocycles. The molecule has 1 aromatic rings. The van der Waals surface area contributed by atoms with Crippen LogP contribution in [-0.2, 0) is 0 Å². The molecule has 1 aromatic carbocycles. The molecule has 0 atom stereocenters. The number of aliphatic imine (C=N–C) groups is 1. The summed E-state index contributed by atoms with van der Waals surface area (Å²) < 4.78 is 0. The molecule has 4 heteroatoms. The summed E-state index contributed by atoms with van der Waals surface area (Å²) >= 11 is 1.91. The third kappa shape index (κ3) is 2.95. The Hall–Kier alpha value is -1.47. The first-order valence-electron chi connectivity index (χ1n) is 8.94. The number of hydrogen-bond donors (Lipinski definition) is 0. The lowest BCUT2D eigenvalue weighted by atomic mass is 9.89. The van der Waals surface area contributed by atoms with Crippen LogP contribution in [0.4, 0.5) is 5.69 Å². The Balaban J connectivity index is 2.01. The van der Waals surface area contributed by atoms with Gasteiger partial charge in [0.25, 0.3) is 0 Å². The van der Waals surface area contributed by atoms with Crippen molar-refractivity contribution in [2.75, 3.05) is 5.75 Å². The molecule has 1 heterocycles. The monoisotopic (exact) mass is 341 g/mol. The van der Waals surface area contributed by atoms with Gasteiger partial charge < -0.3 is 4.90 Å². The molecule has 1 aliphatic heterocycles. The number of rotatable bonds is 3. The van der Waals surface area contributed by atoms with Gasteiger partial charge in [-0.3, -0.25) is 0 Å². The van der Waals surface area contributed by atoms with Crippen LogP contribution in [0.15, 0.2) is 23.2 Å². The highest BCUT2D eigenvalue weighted by atomic mass is 32.2. The molecule has 3 nitrogen and oxygen atoms in total. The summed E-state index contributed by atoms with van der Waals surface area (Å²) in [5.41, 5.74) is 3.18. The maximum Gasteiger partial charge on any atom is 0.165 e. The van der Waals surface area contributed by atoms with Crippen LogP contribution in [0.5, 0.6) is 0 Å². The van der Waals surface area contributed by atoms with Crippen molar-refractivity contribution in [2.24, 2.45) is 4.99 Å².